The Balaban J connectivity index is 1.74. The molecule has 0 unspecified atom stereocenters. The number of rotatable bonds is 3. The third-order valence-corrected chi connectivity index (χ3v) is 5.01. The minimum atomic E-state index is -1.03. The molecule has 3 amide bonds. The van der Waals surface area contributed by atoms with E-state index < -0.39 is 18.2 Å². The lowest BCUT2D eigenvalue weighted by Crippen LogP contribution is -2.42. The van der Waals surface area contributed by atoms with Crippen LogP contribution < -0.4 is 10.6 Å². The summed E-state index contributed by atoms with van der Waals surface area (Å²) < 4.78 is 0. The van der Waals surface area contributed by atoms with Gasteiger partial charge in [-0.1, -0.05) is 46.9 Å². The zero-order chi connectivity index (χ0) is 19.6. The van der Waals surface area contributed by atoms with Crippen LogP contribution in [0, 0.1) is 0 Å². The third kappa shape index (κ3) is 4.97. The largest absolute Gasteiger partial charge is 0.465 e. The lowest BCUT2D eigenvalue weighted by Gasteiger charge is -2.20. The number of likely N-dealkylation sites (tertiary alicyclic amines) is 1. The molecule has 3 rings (SSSR count). The number of carboxylic acid groups (broad SMARTS) is 1. The van der Waals surface area contributed by atoms with Crippen LogP contribution in [-0.2, 0) is 0 Å². The normalized spacial score (nSPS) is 19.0. The average molecular weight is 429 g/mol. The lowest BCUT2D eigenvalue weighted by atomic mass is 9.94. The number of amides is 3. The van der Waals surface area contributed by atoms with Crippen LogP contribution in [0.2, 0.25) is 15.1 Å². The predicted octanol–water partition coefficient (Wildman–Crippen LogP) is 4.91. The second kappa shape index (κ2) is 8.25. The van der Waals surface area contributed by atoms with E-state index in [0.29, 0.717) is 20.8 Å². The first-order chi connectivity index (χ1) is 12.8. The predicted molar refractivity (Wildman–Crippen MR) is 106 cm³/mol. The van der Waals surface area contributed by atoms with Gasteiger partial charge in [0.1, 0.15) is 0 Å². The summed E-state index contributed by atoms with van der Waals surface area (Å²) in [4.78, 5) is 25.1. The fourth-order valence-corrected chi connectivity index (χ4v) is 3.77. The van der Waals surface area contributed by atoms with E-state index in [1.54, 1.807) is 30.3 Å². The van der Waals surface area contributed by atoms with Crippen molar-refractivity contribution in [2.45, 2.75) is 12.0 Å². The van der Waals surface area contributed by atoms with Gasteiger partial charge in [-0.2, -0.15) is 0 Å². The zero-order valence-corrected chi connectivity index (χ0v) is 16.2. The number of carbonyl (C=O) groups excluding carboxylic acids is 1. The first kappa shape index (κ1) is 19.6. The van der Waals surface area contributed by atoms with Crippen LogP contribution in [0.5, 0.6) is 0 Å². The van der Waals surface area contributed by atoms with E-state index in [-0.39, 0.29) is 19.0 Å². The number of urea groups is 1. The van der Waals surface area contributed by atoms with E-state index in [2.05, 4.69) is 10.6 Å². The molecule has 0 aliphatic carbocycles. The Morgan fingerprint density at radius 1 is 0.963 bits per heavy atom. The van der Waals surface area contributed by atoms with Crippen molar-refractivity contribution >= 4 is 52.6 Å². The minimum absolute atomic E-state index is 0.187. The number of hydrogen-bond acceptors (Lipinski definition) is 2. The van der Waals surface area contributed by atoms with Crippen molar-refractivity contribution in [3.8, 4) is 0 Å². The van der Waals surface area contributed by atoms with Gasteiger partial charge in [0.25, 0.3) is 0 Å². The Morgan fingerprint density at radius 2 is 1.59 bits per heavy atom. The molecule has 0 spiro atoms. The molecule has 1 aliphatic rings. The Hall–Kier alpha value is -2.15. The molecule has 2 aromatic rings. The SMILES string of the molecule is O=C(Nc1cc(Cl)cc(Cl)c1)N[C@H]1CN(C(=O)O)C[C@@H]1c1ccc(Cl)cc1. The highest BCUT2D eigenvalue weighted by Crippen LogP contribution is 2.29. The molecule has 2 atom stereocenters. The Labute approximate surface area is 171 Å². The molecule has 142 valence electrons. The number of nitrogens with one attached hydrogen (secondary N) is 2. The first-order valence-corrected chi connectivity index (χ1v) is 9.22. The van der Waals surface area contributed by atoms with Crippen LogP contribution in [0.4, 0.5) is 15.3 Å². The van der Waals surface area contributed by atoms with Gasteiger partial charge in [-0.25, -0.2) is 9.59 Å². The summed E-state index contributed by atoms with van der Waals surface area (Å²) in [5.41, 5.74) is 1.35. The molecule has 1 aliphatic heterocycles. The molecule has 6 nitrogen and oxygen atoms in total. The second-order valence-corrected chi connectivity index (χ2v) is 7.52. The van der Waals surface area contributed by atoms with E-state index in [1.807, 2.05) is 12.1 Å². The number of carbonyl (C=O) groups is 2. The van der Waals surface area contributed by atoms with E-state index >= 15 is 0 Å². The molecular formula is C18H16Cl3N3O3. The maximum Gasteiger partial charge on any atom is 0.407 e. The van der Waals surface area contributed by atoms with Crippen molar-refractivity contribution in [2.24, 2.45) is 0 Å². The zero-order valence-electron chi connectivity index (χ0n) is 14.0. The summed E-state index contributed by atoms with van der Waals surface area (Å²) in [5, 5.41) is 16.2. The summed E-state index contributed by atoms with van der Waals surface area (Å²) >= 11 is 17.8. The van der Waals surface area contributed by atoms with Gasteiger partial charge in [0.2, 0.25) is 0 Å². The molecule has 3 N–H and O–H groups in total. The van der Waals surface area contributed by atoms with Crippen LogP contribution in [0.15, 0.2) is 42.5 Å². The molecule has 1 heterocycles. The second-order valence-electron chi connectivity index (χ2n) is 6.21. The van der Waals surface area contributed by atoms with E-state index in [1.165, 1.54) is 4.90 Å². The smallest absolute Gasteiger partial charge is 0.407 e. The van der Waals surface area contributed by atoms with Crippen LogP contribution in [0.3, 0.4) is 0 Å². The number of hydrogen-bond donors (Lipinski definition) is 3. The maximum absolute atomic E-state index is 12.4. The summed E-state index contributed by atoms with van der Waals surface area (Å²) in [7, 11) is 0. The molecule has 9 heteroatoms. The molecule has 27 heavy (non-hydrogen) atoms. The Kier molecular flexibility index (Phi) is 5.99. The summed E-state index contributed by atoms with van der Waals surface area (Å²) in [5.74, 6) is -0.188. The molecule has 0 saturated carbocycles. The monoisotopic (exact) mass is 427 g/mol. The highest BCUT2D eigenvalue weighted by molar-refractivity contribution is 6.35. The van der Waals surface area contributed by atoms with Crippen LogP contribution >= 0.6 is 34.8 Å². The lowest BCUT2D eigenvalue weighted by molar-refractivity contribution is 0.154. The van der Waals surface area contributed by atoms with E-state index in [4.69, 9.17) is 34.8 Å². The van der Waals surface area contributed by atoms with Gasteiger partial charge in [0.05, 0.1) is 6.04 Å². The van der Waals surface area contributed by atoms with Gasteiger partial charge in [-0.15, -0.1) is 0 Å². The van der Waals surface area contributed by atoms with Gasteiger partial charge in [-0.05, 0) is 35.9 Å². The molecule has 0 radical (unpaired) electrons. The van der Waals surface area contributed by atoms with Crippen LogP contribution in [0.25, 0.3) is 0 Å². The highest BCUT2D eigenvalue weighted by Gasteiger charge is 2.37. The quantitative estimate of drug-likeness (QED) is 0.649. The van der Waals surface area contributed by atoms with Crippen molar-refractivity contribution in [3.05, 3.63) is 63.1 Å². The van der Waals surface area contributed by atoms with E-state index in [9.17, 15) is 14.7 Å². The molecule has 0 aromatic heterocycles. The van der Waals surface area contributed by atoms with E-state index in [0.717, 1.165) is 5.56 Å². The van der Waals surface area contributed by atoms with Gasteiger partial charge >= 0.3 is 12.1 Å². The van der Waals surface area contributed by atoms with Crippen molar-refractivity contribution in [1.82, 2.24) is 10.2 Å². The van der Waals surface area contributed by atoms with Gasteiger partial charge < -0.3 is 20.6 Å². The maximum atomic E-state index is 12.4. The summed E-state index contributed by atoms with van der Waals surface area (Å²) in [6.07, 6.45) is -1.03. The molecule has 1 fully saturated rings. The molecular weight excluding hydrogens is 413 g/mol. The topological polar surface area (TPSA) is 81.7 Å². The fraction of sp³-hybridized carbons (Fsp3) is 0.222. The average Bonchev–Trinajstić information content (AvgIpc) is 2.98. The molecule has 0 bridgehead atoms. The number of nitrogens with zero attached hydrogens (tertiary/aromatic N) is 1. The Morgan fingerprint density at radius 3 is 2.19 bits per heavy atom. The number of anilines is 1. The van der Waals surface area contributed by atoms with Gasteiger partial charge in [0.15, 0.2) is 0 Å². The Bertz CT molecular complexity index is 840. The van der Waals surface area contributed by atoms with Crippen LogP contribution in [-0.4, -0.2) is 41.3 Å². The molecule has 2 aromatic carbocycles. The van der Waals surface area contributed by atoms with Crippen molar-refractivity contribution in [3.63, 3.8) is 0 Å². The van der Waals surface area contributed by atoms with Gasteiger partial charge in [0, 0.05) is 39.8 Å². The van der Waals surface area contributed by atoms with Gasteiger partial charge in [-0.3, -0.25) is 0 Å². The third-order valence-electron chi connectivity index (χ3n) is 4.33. The number of halogens is 3. The first-order valence-electron chi connectivity index (χ1n) is 8.09. The minimum Gasteiger partial charge on any atom is -0.465 e. The van der Waals surface area contributed by atoms with Crippen LogP contribution in [0.1, 0.15) is 11.5 Å². The fourth-order valence-electron chi connectivity index (χ4n) is 3.12. The number of benzene rings is 2. The summed E-state index contributed by atoms with van der Waals surface area (Å²) in [6, 6.07) is 11.0. The highest BCUT2D eigenvalue weighted by atomic mass is 35.5. The van der Waals surface area contributed by atoms with Crippen molar-refractivity contribution < 1.29 is 14.7 Å². The molecule has 1 saturated heterocycles. The van der Waals surface area contributed by atoms with Crippen molar-refractivity contribution in [1.29, 1.82) is 0 Å². The summed E-state index contributed by atoms with van der Waals surface area (Å²) in [6.45, 7) is 0.469. The standard InChI is InChI=1S/C18H16Cl3N3O3/c19-11-3-1-10(2-4-11)15-8-24(18(26)27)9-16(15)23-17(25)22-14-6-12(20)5-13(21)7-14/h1-7,15-16H,8-9H2,(H,26,27)(H2,22,23,25)/t15-,16+/m1/s1. The van der Waals surface area contributed by atoms with Crippen molar-refractivity contribution in [2.75, 3.05) is 18.4 Å².